The van der Waals surface area contributed by atoms with Crippen LogP contribution in [0.3, 0.4) is 0 Å². The Kier molecular flexibility index (Phi) is 5.11. The second kappa shape index (κ2) is 6.64. The summed E-state index contributed by atoms with van der Waals surface area (Å²) in [6.07, 6.45) is 1.95. The van der Waals surface area contributed by atoms with Crippen molar-refractivity contribution in [1.29, 1.82) is 0 Å². The molecule has 1 aliphatic rings. The van der Waals surface area contributed by atoms with Crippen LogP contribution in [0.2, 0.25) is 0 Å². The molecule has 1 fully saturated rings. The Hall–Kier alpha value is -1.00. The third-order valence-electron chi connectivity index (χ3n) is 3.86. The topological polar surface area (TPSA) is 40.5 Å². The van der Waals surface area contributed by atoms with E-state index in [1.54, 1.807) is 11.8 Å². The third kappa shape index (κ3) is 3.55. The first kappa shape index (κ1) is 15.4. The fourth-order valence-electron chi connectivity index (χ4n) is 2.66. The maximum Gasteiger partial charge on any atom is 0.253 e. The van der Waals surface area contributed by atoms with Gasteiger partial charge in [-0.1, -0.05) is 13.8 Å². The number of nitrogens with zero attached hydrogens (tertiary/aromatic N) is 1. The lowest BCUT2D eigenvalue weighted by Gasteiger charge is -2.39. The smallest absolute Gasteiger partial charge is 0.253 e. The predicted octanol–water partition coefficient (Wildman–Crippen LogP) is 3.03. The molecular weight excluding hydrogens is 270 g/mol. The Morgan fingerprint density at radius 2 is 2.10 bits per heavy atom. The summed E-state index contributed by atoms with van der Waals surface area (Å²) in [4.78, 5) is 15.6. The van der Waals surface area contributed by atoms with Gasteiger partial charge in [0.1, 0.15) is 0 Å². The van der Waals surface area contributed by atoms with Crippen LogP contribution in [-0.2, 0) is 0 Å². The van der Waals surface area contributed by atoms with Gasteiger partial charge in [-0.3, -0.25) is 4.79 Å². The van der Waals surface area contributed by atoms with Crippen molar-refractivity contribution >= 4 is 17.7 Å². The molecule has 1 aromatic carbocycles. The van der Waals surface area contributed by atoms with Crippen LogP contribution < -0.4 is 0 Å². The van der Waals surface area contributed by atoms with E-state index in [0.717, 1.165) is 30.7 Å². The van der Waals surface area contributed by atoms with Gasteiger partial charge in [-0.05, 0) is 42.9 Å². The Labute approximate surface area is 125 Å². The van der Waals surface area contributed by atoms with Gasteiger partial charge >= 0.3 is 0 Å². The minimum absolute atomic E-state index is 0.0809. The SMILES string of the molecule is CCSc1ccc(C(=O)N2CCCC(C)(CO)C2)cc1. The van der Waals surface area contributed by atoms with Gasteiger partial charge < -0.3 is 10.0 Å². The molecule has 20 heavy (non-hydrogen) atoms. The largest absolute Gasteiger partial charge is 0.396 e. The lowest BCUT2D eigenvalue weighted by Crippen LogP contribution is -2.46. The molecule has 110 valence electrons. The molecule has 0 bridgehead atoms. The summed E-state index contributed by atoms with van der Waals surface area (Å²) in [7, 11) is 0. The van der Waals surface area contributed by atoms with Crippen LogP contribution in [0.1, 0.15) is 37.0 Å². The van der Waals surface area contributed by atoms with Crippen molar-refractivity contribution in [2.45, 2.75) is 31.6 Å². The van der Waals surface area contributed by atoms with Gasteiger partial charge in [0.2, 0.25) is 0 Å². The Bertz CT molecular complexity index is 460. The lowest BCUT2D eigenvalue weighted by molar-refractivity contribution is 0.0358. The maximum absolute atomic E-state index is 12.5. The van der Waals surface area contributed by atoms with Crippen LogP contribution in [-0.4, -0.2) is 41.4 Å². The van der Waals surface area contributed by atoms with Gasteiger partial charge in [0.25, 0.3) is 5.91 Å². The van der Waals surface area contributed by atoms with E-state index in [9.17, 15) is 9.90 Å². The number of hydrogen-bond donors (Lipinski definition) is 1. The first-order chi connectivity index (χ1) is 9.58. The molecule has 1 atom stereocenters. The van der Waals surface area contributed by atoms with Crippen LogP contribution >= 0.6 is 11.8 Å². The molecule has 0 radical (unpaired) electrons. The molecule has 0 aliphatic carbocycles. The van der Waals surface area contributed by atoms with Gasteiger partial charge in [0.15, 0.2) is 0 Å². The fraction of sp³-hybridized carbons (Fsp3) is 0.562. The van der Waals surface area contributed by atoms with Gasteiger partial charge in [-0.15, -0.1) is 11.8 Å². The summed E-state index contributed by atoms with van der Waals surface area (Å²) in [5.41, 5.74) is 0.596. The van der Waals surface area contributed by atoms with Crippen molar-refractivity contribution in [3.05, 3.63) is 29.8 Å². The Balaban J connectivity index is 2.06. The molecule has 0 aromatic heterocycles. The zero-order valence-electron chi connectivity index (χ0n) is 12.3. The summed E-state index contributed by atoms with van der Waals surface area (Å²) in [5, 5.41) is 9.48. The van der Waals surface area contributed by atoms with Crippen molar-refractivity contribution in [2.24, 2.45) is 5.41 Å². The van der Waals surface area contributed by atoms with Crippen LogP contribution in [0.15, 0.2) is 29.2 Å². The highest BCUT2D eigenvalue weighted by molar-refractivity contribution is 7.99. The number of rotatable bonds is 4. The molecule has 1 unspecified atom stereocenters. The number of carbonyl (C=O) groups excluding carboxylic acids is 1. The summed E-state index contributed by atoms with van der Waals surface area (Å²) in [6.45, 7) is 5.75. The highest BCUT2D eigenvalue weighted by Gasteiger charge is 2.32. The molecule has 0 saturated carbocycles. The van der Waals surface area contributed by atoms with Gasteiger partial charge in [-0.2, -0.15) is 0 Å². The highest BCUT2D eigenvalue weighted by atomic mass is 32.2. The van der Waals surface area contributed by atoms with Crippen molar-refractivity contribution < 1.29 is 9.90 Å². The van der Waals surface area contributed by atoms with Crippen LogP contribution in [0, 0.1) is 5.41 Å². The molecule has 4 heteroatoms. The van der Waals surface area contributed by atoms with E-state index in [2.05, 4.69) is 6.92 Å². The lowest BCUT2D eigenvalue weighted by atomic mass is 9.82. The number of aliphatic hydroxyl groups excluding tert-OH is 1. The van der Waals surface area contributed by atoms with E-state index in [-0.39, 0.29) is 17.9 Å². The molecule has 1 aliphatic heterocycles. The summed E-state index contributed by atoms with van der Waals surface area (Å²) < 4.78 is 0. The number of benzene rings is 1. The van der Waals surface area contributed by atoms with Crippen LogP contribution in [0.5, 0.6) is 0 Å². The first-order valence-electron chi connectivity index (χ1n) is 7.21. The van der Waals surface area contributed by atoms with E-state index in [1.807, 2.05) is 36.1 Å². The predicted molar refractivity (Wildman–Crippen MR) is 83.2 cm³/mol. The van der Waals surface area contributed by atoms with E-state index in [0.29, 0.717) is 6.54 Å². The molecule has 1 heterocycles. The van der Waals surface area contributed by atoms with Crippen LogP contribution in [0.25, 0.3) is 0 Å². The normalized spacial score (nSPS) is 22.9. The number of carbonyl (C=O) groups is 1. The second-order valence-electron chi connectivity index (χ2n) is 5.76. The molecule has 1 N–H and O–H groups in total. The van der Waals surface area contributed by atoms with Crippen molar-refractivity contribution in [3.63, 3.8) is 0 Å². The fourth-order valence-corrected chi connectivity index (χ4v) is 3.32. The molecule has 2 rings (SSSR count). The maximum atomic E-state index is 12.5. The first-order valence-corrected chi connectivity index (χ1v) is 8.19. The van der Waals surface area contributed by atoms with Gasteiger partial charge in [0.05, 0.1) is 6.61 Å². The number of aliphatic hydroxyl groups is 1. The van der Waals surface area contributed by atoms with Crippen LogP contribution in [0.4, 0.5) is 0 Å². The number of likely N-dealkylation sites (tertiary alicyclic amines) is 1. The monoisotopic (exact) mass is 293 g/mol. The third-order valence-corrected chi connectivity index (χ3v) is 4.76. The minimum Gasteiger partial charge on any atom is -0.396 e. The minimum atomic E-state index is -0.147. The Morgan fingerprint density at radius 1 is 1.40 bits per heavy atom. The molecular formula is C16H23NO2S. The average Bonchev–Trinajstić information content (AvgIpc) is 2.48. The molecule has 0 spiro atoms. The van der Waals surface area contributed by atoms with Crippen molar-refractivity contribution in [1.82, 2.24) is 4.90 Å². The van der Waals surface area contributed by atoms with Crippen molar-refractivity contribution in [2.75, 3.05) is 25.4 Å². The van der Waals surface area contributed by atoms with E-state index < -0.39 is 0 Å². The Morgan fingerprint density at radius 3 is 2.70 bits per heavy atom. The molecule has 1 amide bonds. The number of thioether (sulfide) groups is 1. The van der Waals surface area contributed by atoms with E-state index in [4.69, 9.17) is 0 Å². The quantitative estimate of drug-likeness (QED) is 0.868. The highest BCUT2D eigenvalue weighted by Crippen LogP contribution is 2.29. The van der Waals surface area contributed by atoms with Gasteiger partial charge in [0, 0.05) is 29.0 Å². The summed E-state index contributed by atoms with van der Waals surface area (Å²) >= 11 is 1.78. The molecule has 1 saturated heterocycles. The number of piperidine rings is 1. The zero-order valence-corrected chi connectivity index (χ0v) is 13.1. The van der Waals surface area contributed by atoms with Crippen molar-refractivity contribution in [3.8, 4) is 0 Å². The summed E-state index contributed by atoms with van der Waals surface area (Å²) in [5.74, 6) is 1.12. The van der Waals surface area contributed by atoms with E-state index in [1.165, 1.54) is 4.90 Å². The number of hydrogen-bond acceptors (Lipinski definition) is 3. The standard InChI is InChI=1S/C16H23NO2S/c1-3-20-14-7-5-13(6-8-14)15(19)17-10-4-9-16(2,11-17)12-18/h5-8,18H,3-4,9-12H2,1-2H3. The second-order valence-corrected chi connectivity index (χ2v) is 7.09. The molecule has 3 nitrogen and oxygen atoms in total. The zero-order chi connectivity index (χ0) is 14.6. The molecule has 1 aromatic rings. The number of amides is 1. The van der Waals surface area contributed by atoms with E-state index >= 15 is 0 Å². The van der Waals surface area contributed by atoms with Gasteiger partial charge in [-0.25, -0.2) is 0 Å². The summed E-state index contributed by atoms with van der Waals surface area (Å²) in [6, 6.07) is 7.84. The average molecular weight is 293 g/mol.